The molecule has 0 saturated carbocycles. The van der Waals surface area contributed by atoms with Crippen molar-refractivity contribution < 1.29 is 4.74 Å². The van der Waals surface area contributed by atoms with Crippen molar-refractivity contribution in [3.05, 3.63) is 12.2 Å². The number of hydrogen-bond donors (Lipinski definition) is 0. The van der Waals surface area contributed by atoms with Crippen LogP contribution in [0.15, 0.2) is 12.2 Å². The molecule has 0 aromatic heterocycles. The van der Waals surface area contributed by atoms with Crippen LogP contribution in [0.5, 0.6) is 0 Å². The smallest absolute Gasteiger partial charge is 0.0825 e. The molecule has 1 unspecified atom stereocenters. The molecule has 1 saturated heterocycles. The second-order valence-corrected chi connectivity index (χ2v) is 3.43. The summed E-state index contributed by atoms with van der Waals surface area (Å²) >= 11 is 0. The van der Waals surface area contributed by atoms with Gasteiger partial charge in [0.05, 0.1) is 24.2 Å². The Morgan fingerprint density at radius 2 is 2.18 bits per heavy atom. The lowest BCUT2D eigenvalue weighted by Crippen LogP contribution is -2.16. The van der Waals surface area contributed by atoms with Crippen LogP contribution in [0.1, 0.15) is 19.3 Å². The van der Waals surface area contributed by atoms with Gasteiger partial charge < -0.3 is 4.74 Å². The lowest BCUT2D eigenvalue weighted by molar-refractivity contribution is 0.309. The molecule has 0 bridgehead atoms. The van der Waals surface area contributed by atoms with Crippen molar-refractivity contribution in [1.29, 1.82) is 5.26 Å². The highest BCUT2D eigenvalue weighted by molar-refractivity contribution is 5.14. The minimum absolute atomic E-state index is 0.110. The molecule has 0 radical (unpaired) electrons. The minimum Gasteiger partial charge on any atom is -0.373 e. The summed E-state index contributed by atoms with van der Waals surface area (Å²) in [6.45, 7) is 0.865. The SMILES string of the molecule is N#CC1(CC2CO2)CC=CC1. The van der Waals surface area contributed by atoms with Gasteiger partial charge in [-0.15, -0.1) is 0 Å². The first-order valence-electron chi connectivity index (χ1n) is 4.02. The molecule has 2 heteroatoms. The molecule has 58 valence electrons. The van der Waals surface area contributed by atoms with Crippen molar-refractivity contribution in [2.24, 2.45) is 5.41 Å². The maximum absolute atomic E-state index is 8.95. The second kappa shape index (κ2) is 2.35. The van der Waals surface area contributed by atoms with Crippen LogP contribution in [0.2, 0.25) is 0 Å². The third-order valence-electron chi connectivity index (χ3n) is 2.44. The molecule has 0 N–H and O–H groups in total. The van der Waals surface area contributed by atoms with Crippen molar-refractivity contribution in [2.45, 2.75) is 25.4 Å². The average Bonchev–Trinajstić information content (AvgIpc) is 2.68. The molecular formula is C9H11NO. The van der Waals surface area contributed by atoms with Crippen molar-refractivity contribution >= 4 is 0 Å². The van der Waals surface area contributed by atoms with Gasteiger partial charge in [0.25, 0.3) is 0 Å². The van der Waals surface area contributed by atoms with E-state index in [1.165, 1.54) is 0 Å². The molecular weight excluding hydrogens is 138 g/mol. The summed E-state index contributed by atoms with van der Waals surface area (Å²) in [7, 11) is 0. The molecule has 2 aliphatic rings. The second-order valence-electron chi connectivity index (χ2n) is 3.43. The summed E-state index contributed by atoms with van der Waals surface area (Å²) in [5.41, 5.74) is -0.110. The third-order valence-corrected chi connectivity index (χ3v) is 2.44. The lowest BCUT2D eigenvalue weighted by Gasteiger charge is -2.17. The number of ether oxygens (including phenoxy) is 1. The van der Waals surface area contributed by atoms with Crippen LogP contribution < -0.4 is 0 Å². The summed E-state index contributed by atoms with van der Waals surface area (Å²) in [5.74, 6) is 0. The Morgan fingerprint density at radius 3 is 2.64 bits per heavy atom. The fourth-order valence-corrected chi connectivity index (χ4v) is 1.63. The molecule has 2 nitrogen and oxygen atoms in total. The zero-order valence-corrected chi connectivity index (χ0v) is 6.42. The van der Waals surface area contributed by atoms with E-state index in [1.54, 1.807) is 0 Å². The molecule has 1 heterocycles. The van der Waals surface area contributed by atoms with Gasteiger partial charge in [-0.1, -0.05) is 12.2 Å². The summed E-state index contributed by atoms with van der Waals surface area (Å²) in [6.07, 6.45) is 7.36. The van der Waals surface area contributed by atoms with Gasteiger partial charge in [-0.2, -0.15) is 5.26 Å². The molecule has 1 aliphatic carbocycles. The van der Waals surface area contributed by atoms with Gasteiger partial charge in [0.1, 0.15) is 0 Å². The Morgan fingerprint density at radius 1 is 1.55 bits per heavy atom. The van der Waals surface area contributed by atoms with Crippen LogP contribution in [0.25, 0.3) is 0 Å². The fourth-order valence-electron chi connectivity index (χ4n) is 1.63. The molecule has 0 aromatic rings. The zero-order chi connectivity index (χ0) is 7.73. The maximum atomic E-state index is 8.95. The molecule has 0 amide bonds. The van der Waals surface area contributed by atoms with Gasteiger partial charge >= 0.3 is 0 Å². The van der Waals surface area contributed by atoms with Crippen molar-refractivity contribution in [2.75, 3.05) is 6.61 Å². The highest BCUT2D eigenvalue weighted by atomic mass is 16.6. The Hall–Kier alpha value is -0.810. The Bertz CT molecular complexity index is 214. The van der Waals surface area contributed by atoms with Crippen molar-refractivity contribution in [1.82, 2.24) is 0 Å². The van der Waals surface area contributed by atoms with E-state index in [0.29, 0.717) is 6.10 Å². The van der Waals surface area contributed by atoms with E-state index in [1.807, 2.05) is 0 Å². The monoisotopic (exact) mass is 149 g/mol. The van der Waals surface area contributed by atoms with Gasteiger partial charge in [-0.3, -0.25) is 0 Å². The van der Waals surface area contributed by atoms with Crippen molar-refractivity contribution in [3.8, 4) is 6.07 Å². The molecule has 11 heavy (non-hydrogen) atoms. The van der Waals surface area contributed by atoms with E-state index in [-0.39, 0.29) is 5.41 Å². The van der Waals surface area contributed by atoms with Gasteiger partial charge in [0, 0.05) is 0 Å². The predicted octanol–water partition coefficient (Wildman–Crippen LogP) is 1.64. The molecule has 1 fully saturated rings. The van der Waals surface area contributed by atoms with Crippen LogP contribution >= 0.6 is 0 Å². The maximum Gasteiger partial charge on any atom is 0.0825 e. The van der Waals surface area contributed by atoms with E-state index in [4.69, 9.17) is 10.00 Å². The topological polar surface area (TPSA) is 36.3 Å². The molecule has 0 spiro atoms. The van der Waals surface area contributed by atoms with E-state index in [2.05, 4.69) is 18.2 Å². The normalized spacial score (nSPS) is 31.7. The predicted molar refractivity (Wildman–Crippen MR) is 40.8 cm³/mol. The van der Waals surface area contributed by atoms with E-state index >= 15 is 0 Å². The number of allylic oxidation sites excluding steroid dienone is 2. The lowest BCUT2D eigenvalue weighted by atomic mass is 9.82. The summed E-state index contributed by atoms with van der Waals surface area (Å²) in [4.78, 5) is 0. The molecule has 2 rings (SSSR count). The van der Waals surface area contributed by atoms with Gasteiger partial charge in [-0.25, -0.2) is 0 Å². The molecule has 1 aliphatic heterocycles. The van der Waals surface area contributed by atoms with Crippen LogP contribution in [-0.2, 0) is 4.74 Å². The van der Waals surface area contributed by atoms with Crippen molar-refractivity contribution in [3.63, 3.8) is 0 Å². The number of nitrogens with zero attached hydrogens (tertiary/aromatic N) is 1. The number of hydrogen-bond acceptors (Lipinski definition) is 2. The average molecular weight is 149 g/mol. The minimum atomic E-state index is -0.110. The number of epoxide rings is 1. The number of nitriles is 1. The summed E-state index contributed by atoms with van der Waals surface area (Å²) in [5, 5.41) is 8.95. The fraction of sp³-hybridized carbons (Fsp3) is 0.667. The van der Waals surface area contributed by atoms with Gasteiger partial charge in [0.2, 0.25) is 0 Å². The van der Waals surface area contributed by atoms with Gasteiger partial charge in [0.15, 0.2) is 0 Å². The Labute approximate surface area is 66.5 Å². The quantitative estimate of drug-likeness (QED) is 0.442. The standard InChI is InChI=1S/C9H11NO/c10-7-9(3-1-2-4-9)5-8-6-11-8/h1-2,8H,3-6H2. The van der Waals surface area contributed by atoms with Crippen LogP contribution in [0.4, 0.5) is 0 Å². The molecule has 1 atom stereocenters. The summed E-state index contributed by atoms with van der Waals surface area (Å²) < 4.78 is 5.12. The largest absolute Gasteiger partial charge is 0.373 e. The summed E-state index contributed by atoms with van der Waals surface area (Å²) in [6, 6.07) is 2.41. The number of rotatable bonds is 2. The highest BCUT2D eigenvalue weighted by Gasteiger charge is 2.38. The Kier molecular flexibility index (Phi) is 1.47. The first-order valence-corrected chi connectivity index (χ1v) is 4.02. The highest BCUT2D eigenvalue weighted by Crippen LogP contribution is 2.39. The molecule has 0 aromatic carbocycles. The van der Waals surface area contributed by atoms with Crippen LogP contribution in [0.3, 0.4) is 0 Å². The Balaban J connectivity index is 1.99. The van der Waals surface area contributed by atoms with Crippen LogP contribution in [-0.4, -0.2) is 12.7 Å². The van der Waals surface area contributed by atoms with E-state index in [0.717, 1.165) is 25.9 Å². The first kappa shape index (κ1) is 6.87. The zero-order valence-electron chi connectivity index (χ0n) is 6.42. The first-order chi connectivity index (χ1) is 5.35. The van der Waals surface area contributed by atoms with Gasteiger partial charge in [-0.05, 0) is 19.3 Å². The van der Waals surface area contributed by atoms with E-state index < -0.39 is 0 Å². The van der Waals surface area contributed by atoms with Crippen LogP contribution in [0, 0.1) is 16.7 Å². The van der Waals surface area contributed by atoms with E-state index in [9.17, 15) is 0 Å². The third kappa shape index (κ3) is 1.29.